The van der Waals surface area contributed by atoms with Crippen LogP contribution in [0.25, 0.3) is 0 Å². The zero-order chi connectivity index (χ0) is 19.7. The first-order chi connectivity index (χ1) is 13.2. The Labute approximate surface area is 175 Å². The van der Waals surface area contributed by atoms with Crippen molar-refractivity contribution in [2.75, 3.05) is 5.88 Å². The Kier molecular flexibility index (Phi) is 13.8. The highest BCUT2D eigenvalue weighted by Crippen LogP contribution is 2.24. The molecule has 148 valence electrons. The molecule has 0 fully saturated rings. The third-order valence-electron chi connectivity index (χ3n) is 4.37. The van der Waals surface area contributed by atoms with Crippen molar-refractivity contribution in [2.24, 2.45) is 0 Å². The zero-order valence-corrected chi connectivity index (χ0v) is 17.9. The summed E-state index contributed by atoms with van der Waals surface area (Å²) in [6.45, 7) is 2.26. The zero-order valence-electron chi connectivity index (χ0n) is 16.4. The van der Waals surface area contributed by atoms with Crippen LogP contribution in [-0.2, 0) is 0 Å². The fraction of sp³-hybridized carbons (Fsp3) is 0.458. The van der Waals surface area contributed by atoms with E-state index >= 15 is 0 Å². The van der Waals surface area contributed by atoms with E-state index in [0.717, 1.165) is 11.4 Å². The Balaban J connectivity index is 0.000000293. The number of ketones is 1. The number of rotatable bonds is 11. The number of carbonyl (C=O) groups is 1. The molecule has 0 radical (unpaired) electrons. The lowest BCUT2D eigenvalue weighted by molar-refractivity contribution is 0.0987. The molecule has 0 bridgehead atoms. The molecule has 0 spiro atoms. The Morgan fingerprint density at radius 2 is 1.26 bits per heavy atom. The number of carbonyl (C=O) groups excluding carboxylic acids is 1. The van der Waals surface area contributed by atoms with Crippen LogP contribution < -0.4 is 0 Å². The number of hydrogen-bond acceptors (Lipinski definition) is 1. The number of benzene rings is 2. The predicted molar refractivity (Wildman–Crippen MR) is 119 cm³/mol. The predicted octanol–water partition coefficient (Wildman–Crippen LogP) is 8.22. The number of unbranched alkanes of at least 4 members (excludes halogenated alkanes) is 7. The van der Waals surface area contributed by atoms with E-state index in [9.17, 15) is 4.79 Å². The van der Waals surface area contributed by atoms with Crippen LogP contribution in [0.2, 0.25) is 0 Å². The molecule has 2 aromatic rings. The van der Waals surface area contributed by atoms with Crippen LogP contribution in [0.4, 0.5) is 0 Å². The number of alkyl halides is 2. The summed E-state index contributed by atoms with van der Waals surface area (Å²) in [6, 6.07) is 18.5. The van der Waals surface area contributed by atoms with E-state index in [4.69, 9.17) is 23.2 Å². The lowest BCUT2D eigenvalue weighted by atomic mass is 10.0. The summed E-state index contributed by atoms with van der Waals surface area (Å²) in [7, 11) is 0. The standard InChI is InChI=1S/C14H11ClO.C10H21Cl/c15-13(11-7-3-1-4-8-11)14(16)12-9-5-2-6-10-12;1-2-3-4-5-6-7-8-9-10-11/h1-10,13H;2-10H2,1H3. The maximum absolute atomic E-state index is 12.0. The third-order valence-corrected chi connectivity index (χ3v) is 5.09. The fourth-order valence-electron chi connectivity index (χ4n) is 2.75. The van der Waals surface area contributed by atoms with Crippen LogP contribution in [0.3, 0.4) is 0 Å². The Morgan fingerprint density at radius 3 is 1.78 bits per heavy atom. The van der Waals surface area contributed by atoms with Crippen LogP contribution in [0.15, 0.2) is 60.7 Å². The second kappa shape index (κ2) is 15.7. The summed E-state index contributed by atoms with van der Waals surface area (Å²) in [4.78, 5) is 12.0. The Bertz CT molecular complexity index is 590. The molecule has 1 unspecified atom stereocenters. The van der Waals surface area contributed by atoms with Gasteiger partial charge in [0.05, 0.1) is 0 Å². The van der Waals surface area contributed by atoms with E-state index in [1.807, 2.05) is 48.5 Å². The number of hydrogen-bond donors (Lipinski definition) is 0. The molecule has 2 rings (SSSR count). The first-order valence-corrected chi connectivity index (χ1v) is 11.0. The quantitative estimate of drug-likeness (QED) is 0.208. The molecular formula is C24H32Cl2O. The third kappa shape index (κ3) is 10.6. The van der Waals surface area contributed by atoms with Crippen molar-refractivity contribution in [3.05, 3.63) is 71.8 Å². The SMILES string of the molecule is CCCCCCCCCCCl.O=C(c1ccccc1)C(Cl)c1ccccc1. The average Bonchev–Trinajstić information content (AvgIpc) is 2.74. The summed E-state index contributed by atoms with van der Waals surface area (Å²) < 4.78 is 0. The van der Waals surface area contributed by atoms with Crippen molar-refractivity contribution in [1.29, 1.82) is 0 Å². The maximum Gasteiger partial charge on any atom is 0.185 e. The minimum atomic E-state index is -0.608. The Morgan fingerprint density at radius 1 is 0.778 bits per heavy atom. The molecule has 0 aliphatic rings. The van der Waals surface area contributed by atoms with Crippen molar-refractivity contribution in [3.8, 4) is 0 Å². The smallest absolute Gasteiger partial charge is 0.185 e. The van der Waals surface area contributed by atoms with Gasteiger partial charge in [-0.05, 0) is 12.0 Å². The van der Waals surface area contributed by atoms with Crippen molar-refractivity contribution in [1.82, 2.24) is 0 Å². The summed E-state index contributed by atoms with van der Waals surface area (Å²) in [5.74, 6) is 0.781. The van der Waals surface area contributed by atoms with E-state index in [1.54, 1.807) is 12.1 Å². The van der Waals surface area contributed by atoms with Crippen LogP contribution in [0.1, 0.15) is 79.6 Å². The van der Waals surface area contributed by atoms with Gasteiger partial charge in [-0.25, -0.2) is 0 Å². The van der Waals surface area contributed by atoms with Gasteiger partial charge >= 0.3 is 0 Å². The van der Waals surface area contributed by atoms with Crippen LogP contribution in [0.5, 0.6) is 0 Å². The summed E-state index contributed by atoms with van der Waals surface area (Å²) >= 11 is 11.7. The first kappa shape index (κ1) is 23.7. The molecule has 1 atom stereocenters. The topological polar surface area (TPSA) is 17.1 Å². The lowest BCUT2D eigenvalue weighted by Crippen LogP contribution is -2.06. The number of Topliss-reactive ketones (excluding diaryl/α,β-unsaturated/α-hetero) is 1. The lowest BCUT2D eigenvalue weighted by Gasteiger charge is -2.08. The van der Waals surface area contributed by atoms with Crippen molar-refractivity contribution < 1.29 is 4.79 Å². The molecule has 0 aliphatic carbocycles. The van der Waals surface area contributed by atoms with Gasteiger partial charge in [0.15, 0.2) is 5.78 Å². The minimum absolute atomic E-state index is 0.0616. The summed E-state index contributed by atoms with van der Waals surface area (Å²) in [5, 5.41) is -0.608. The number of halogens is 2. The normalized spacial score (nSPS) is 11.4. The largest absolute Gasteiger partial charge is 0.292 e. The van der Waals surface area contributed by atoms with E-state index in [1.165, 1.54) is 51.4 Å². The van der Waals surface area contributed by atoms with Gasteiger partial charge in [0.25, 0.3) is 0 Å². The maximum atomic E-state index is 12.0. The molecule has 2 aromatic carbocycles. The molecule has 0 aromatic heterocycles. The monoisotopic (exact) mass is 406 g/mol. The van der Waals surface area contributed by atoms with Gasteiger partial charge in [0.1, 0.15) is 5.38 Å². The van der Waals surface area contributed by atoms with Crippen molar-refractivity contribution >= 4 is 29.0 Å². The molecular weight excluding hydrogens is 375 g/mol. The molecule has 0 aliphatic heterocycles. The van der Waals surface area contributed by atoms with Gasteiger partial charge in [-0.15, -0.1) is 23.2 Å². The van der Waals surface area contributed by atoms with Crippen molar-refractivity contribution in [2.45, 2.75) is 63.7 Å². The van der Waals surface area contributed by atoms with E-state index < -0.39 is 5.38 Å². The van der Waals surface area contributed by atoms with Crippen LogP contribution in [0, 0.1) is 0 Å². The highest BCUT2D eigenvalue weighted by Gasteiger charge is 2.18. The van der Waals surface area contributed by atoms with E-state index in [0.29, 0.717) is 5.56 Å². The molecule has 1 nitrogen and oxygen atoms in total. The second-order valence-corrected chi connectivity index (χ2v) is 7.48. The molecule has 0 saturated heterocycles. The van der Waals surface area contributed by atoms with Gasteiger partial charge < -0.3 is 0 Å². The second-order valence-electron chi connectivity index (χ2n) is 6.67. The van der Waals surface area contributed by atoms with E-state index in [-0.39, 0.29) is 5.78 Å². The van der Waals surface area contributed by atoms with Crippen molar-refractivity contribution in [3.63, 3.8) is 0 Å². The molecule has 3 heteroatoms. The van der Waals surface area contributed by atoms with Gasteiger partial charge in [0.2, 0.25) is 0 Å². The molecule has 0 amide bonds. The van der Waals surface area contributed by atoms with Gasteiger partial charge in [-0.2, -0.15) is 0 Å². The van der Waals surface area contributed by atoms with E-state index in [2.05, 4.69) is 6.92 Å². The summed E-state index contributed by atoms with van der Waals surface area (Å²) in [6.07, 6.45) is 10.9. The molecule has 0 heterocycles. The minimum Gasteiger partial charge on any atom is -0.292 e. The van der Waals surface area contributed by atoms with Gasteiger partial charge in [-0.3, -0.25) is 4.79 Å². The van der Waals surface area contributed by atoms with Crippen LogP contribution >= 0.6 is 23.2 Å². The van der Waals surface area contributed by atoms with Gasteiger partial charge in [0, 0.05) is 11.4 Å². The first-order valence-electron chi connectivity index (χ1n) is 10.0. The molecule has 27 heavy (non-hydrogen) atoms. The molecule has 0 N–H and O–H groups in total. The fourth-order valence-corrected chi connectivity index (χ4v) is 3.21. The molecule has 0 saturated carbocycles. The van der Waals surface area contributed by atoms with Gasteiger partial charge in [-0.1, -0.05) is 113 Å². The average molecular weight is 407 g/mol. The Hall–Kier alpha value is -1.31. The highest BCUT2D eigenvalue weighted by atomic mass is 35.5. The van der Waals surface area contributed by atoms with Crippen LogP contribution in [-0.4, -0.2) is 11.7 Å². The highest BCUT2D eigenvalue weighted by molar-refractivity contribution is 6.33. The summed E-state index contributed by atoms with van der Waals surface area (Å²) in [5.41, 5.74) is 1.48.